The van der Waals surface area contributed by atoms with E-state index in [0.29, 0.717) is 24.8 Å². The summed E-state index contributed by atoms with van der Waals surface area (Å²) in [7, 11) is -4.11. The van der Waals surface area contributed by atoms with Crippen LogP contribution >= 0.6 is 0 Å². The predicted molar refractivity (Wildman–Crippen MR) is 267 cm³/mol. The van der Waals surface area contributed by atoms with Crippen molar-refractivity contribution in [3.63, 3.8) is 0 Å². The Morgan fingerprint density at radius 3 is 1.68 bits per heavy atom. The quantitative estimate of drug-likeness (QED) is 0.0624. The molecule has 2 aliphatic rings. The first-order valence-electron chi connectivity index (χ1n) is 23.5. The summed E-state index contributed by atoms with van der Waals surface area (Å²) < 4.78 is 36.2. The molecule has 0 bridgehead atoms. The second-order valence-corrected chi connectivity index (χ2v) is 19.5. The maximum Gasteiger partial charge on any atom is 0.264 e. The van der Waals surface area contributed by atoms with Gasteiger partial charge in [0.15, 0.2) is 0 Å². The highest BCUT2D eigenvalue weighted by molar-refractivity contribution is 7.85. The number of benzene rings is 4. The van der Waals surface area contributed by atoms with E-state index < -0.39 is 10.1 Å². The van der Waals surface area contributed by atoms with Crippen LogP contribution in [0.15, 0.2) is 121 Å². The van der Waals surface area contributed by atoms with Crippen LogP contribution < -0.4 is 9.80 Å². The van der Waals surface area contributed by atoms with Gasteiger partial charge in [0.25, 0.3) is 10.1 Å². The lowest BCUT2D eigenvalue weighted by molar-refractivity contribution is 0.477. The summed E-state index contributed by atoms with van der Waals surface area (Å²) in [5.41, 5.74) is 15.5. The minimum absolute atomic E-state index is 0.276. The Kier molecular flexibility index (Phi) is 15.2. The molecule has 0 fully saturated rings. The van der Waals surface area contributed by atoms with Crippen molar-refractivity contribution < 1.29 is 13.0 Å². The number of allylic oxidation sites excluding steroid dienone is 5. The van der Waals surface area contributed by atoms with E-state index in [0.717, 1.165) is 92.8 Å². The zero-order valence-corrected chi connectivity index (χ0v) is 39.3. The summed E-state index contributed by atoms with van der Waals surface area (Å²) in [5, 5.41) is 0. The fraction of sp³-hybridized carbons (Fsp3) is 0.375. The normalized spacial score (nSPS) is 13.7. The van der Waals surface area contributed by atoms with Crippen molar-refractivity contribution in [2.75, 3.05) is 28.6 Å². The lowest BCUT2D eigenvalue weighted by atomic mass is 9.80. The van der Waals surface area contributed by atoms with E-state index >= 15 is 0 Å². The molecule has 4 aromatic carbocycles. The van der Waals surface area contributed by atoms with Crippen LogP contribution in [0.1, 0.15) is 150 Å². The number of anilines is 4. The van der Waals surface area contributed by atoms with Crippen molar-refractivity contribution in [2.24, 2.45) is 0 Å². The number of rotatable bonds is 20. The van der Waals surface area contributed by atoms with E-state index in [1.165, 1.54) is 50.7 Å². The van der Waals surface area contributed by atoms with Crippen molar-refractivity contribution in [1.29, 1.82) is 0 Å². The maximum absolute atomic E-state index is 12.0. The van der Waals surface area contributed by atoms with E-state index in [4.69, 9.17) is 0 Å². The summed E-state index contributed by atoms with van der Waals surface area (Å²) in [5.74, 6) is 1.76. The third-order valence-electron chi connectivity index (χ3n) is 12.7. The van der Waals surface area contributed by atoms with E-state index in [-0.39, 0.29) is 5.75 Å². The molecule has 2 aliphatic carbocycles. The van der Waals surface area contributed by atoms with Gasteiger partial charge in [0, 0.05) is 42.1 Å². The number of hydrogen-bond donors (Lipinski definition) is 1. The minimum atomic E-state index is -4.11. The van der Waals surface area contributed by atoms with Gasteiger partial charge in [0.05, 0.1) is 45.4 Å². The Bertz CT molecular complexity index is 2400. The summed E-state index contributed by atoms with van der Waals surface area (Å²) in [6.45, 7) is 15.9. The van der Waals surface area contributed by atoms with Crippen LogP contribution in [0.3, 0.4) is 0 Å². The van der Waals surface area contributed by atoms with E-state index in [2.05, 4.69) is 183 Å². The van der Waals surface area contributed by atoms with Gasteiger partial charge in [-0.25, -0.2) is 0 Å². The monoisotopic (exact) mass is 862 g/mol. The zero-order valence-electron chi connectivity index (χ0n) is 38.5. The van der Waals surface area contributed by atoms with Crippen LogP contribution in [0, 0.1) is 5.92 Å². The van der Waals surface area contributed by atoms with Gasteiger partial charge >= 0.3 is 0 Å². The highest BCUT2D eigenvalue weighted by Gasteiger charge is 2.36. The standard InChI is InChI=1S/C56H67N3O3S/c1-7-9-35-57(50-23-16-21-46(39-50)41(3)4)48-31-27-43(28-32-48)54(44-29-33-49(34-30-44)58(36-10-8-2)51-24-17-22-47(40-51)42(5)6)55-52-25-14-15-26-53(52)59(37-18-38-63(60,61)62)56(55)45-19-12-11-13-20-45/h12,14,16-17,19-25,27-34,39-42H,7-11,13,15,18,26,35-38H2,1-6H3/p+1. The number of hydrogen-bond acceptors (Lipinski definition) is 4. The lowest BCUT2D eigenvalue weighted by Crippen LogP contribution is -2.19. The molecule has 6 nitrogen and oxygen atoms in total. The summed E-state index contributed by atoms with van der Waals surface area (Å²) in [4.78, 5) is 4.93. The molecular weight excluding hydrogens is 795 g/mol. The van der Waals surface area contributed by atoms with Gasteiger partial charge in [-0.1, -0.05) is 103 Å². The van der Waals surface area contributed by atoms with Gasteiger partial charge in [-0.3, -0.25) is 4.55 Å². The van der Waals surface area contributed by atoms with Crippen LogP contribution in [0.25, 0.3) is 11.6 Å². The average Bonchev–Trinajstić information content (AvgIpc) is 3.61. The van der Waals surface area contributed by atoms with Crippen LogP contribution in [0.4, 0.5) is 22.7 Å². The second kappa shape index (κ2) is 21.0. The molecule has 0 radical (unpaired) electrons. The Balaban J connectivity index is 1.40. The molecule has 0 spiro atoms. The molecule has 7 heteroatoms. The summed E-state index contributed by atoms with van der Waals surface area (Å²) in [6.07, 6.45) is 19.8. The largest absolute Gasteiger partial charge is 0.341 e. The maximum atomic E-state index is 12.0. The van der Waals surface area contributed by atoms with Gasteiger partial charge in [-0.15, -0.1) is 0 Å². The molecule has 0 saturated carbocycles. The van der Waals surface area contributed by atoms with Gasteiger partial charge in [-0.2, -0.15) is 8.42 Å². The molecule has 0 aliphatic heterocycles. The number of fused-ring (bicyclic) bond motifs is 1. The Labute approximate surface area is 378 Å². The molecule has 0 atom stereocenters. The Hall–Kier alpha value is -5.24. The molecule has 0 unspecified atom stereocenters. The topological polar surface area (TPSA) is 65.8 Å². The van der Waals surface area contributed by atoms with Crippen molar-refractivity contribution in [3.05, 3.63) is 172 Å². The number of unbranched alkanes of at least 4 members (excludes halogenated alkanes) is 2. The van der Waals surface area contributed by atoms with Crippen molar-refractivity contribution in [3.8, 4) is 0 Å². The molecule has 5 aromatic rings. The van der Waals surface area contributed by atoms with Crippen LogP contribution in [-0.2, 0) is 23.1 Å². The third-order valence-corrected chi connectivity index (χ3v) is 13.5. The zero-order chi connectivity index (χ0) is 44.5. The van der Waals surface area contributed by atoms with Crippen molar-refractivity contribution in [1.82, 2.24) is 4.57 Å². The number of aromatic nitrogens is 1. The Morgan fingerprint density at radius 2 is 1.21 bits per heavy atom. The average molecular weight is 863 g/mol. The molecule has 0 saturated heterocycles. The highest BCUT2D eigenvalue weighted by atomic mass is 32.2. The molecular formula is C56H68N3O3S+. The number of nitrogens with zero attached hydrogens (tertiary/aromatic N) is 3. The second-order valence-electron chi connectivity index (χ2n) is 17.9. The first-order chi connectivity index (χ1) is 30.5. The lowest BCUT2D eigenvalue weighted by Gasteiger charge is -2.27. The molecule has 0 amide bonds. The van der Waals surface area contributed by atoms with Crippen LogP contribution in [-0.4, -0.2) is 36.4 Å². The van der Waals surface area contributed by atoms with E-state index in [9.17, 15) is 13.0 Å². The van der Waals surface area contributed by atoms with Crippen molar-refractivity contribution >= 4 is 44.5 Å². The van der Waals surface area contributed by atoms with Crippen LogP contribution in [0.2, 0.25) is 0 Å². The fourth-order valence-electron chi connectivity index (χ4n) is 9.17. The molecule has 1 heterocycles. The third kappa shape index (κ3) is 10.9. The predicted octanol–water partition coefficient (Wildman–Crippen LogP) is 14.6. The molecule has 1 N–H and O–H groups in total. The minimum Gasteiger partial charge on any atom is -0.341 e. The highest BCUT2D eigenvalue weighted by Crippen LogP contribution is 2.45. The first-order valence-corrected chi connectivity index (χ1v) is 25.2. The van der Waals surface area contributed by atoms with E-state index in [1.54, 1.807) is 0 Å². The van der Waals surface area contributed by atoms with E-state index in [1.807, 2.05) is 0 Å². The summed E-state index contributed by atoms with van der Waals surface area (Å²) in [6, 6.07) is 36.4. The molecule has 7 rings (SSSR count). The smallest absolute Gasteiger partial charge is 0.264 e. The summed E-state index contributed by atoms with van der Waals surface area (Å²) >= 11 is 0. The molecule has 63 heavy (non-hydrogen) atoms. The van der Waals surface area contributed by atoms with Gasteiger partial charge < -0.3 is 14.4 Å². The van der Waals surface area contributed by atoms with Crippen molar-refractivity contribution in [2.45, 2.75) is 118 Å². The first kappa shape index (κ1) is 45.8. The van der Waals surface area contributed by atoms with Gasteiger partial charge in [-0.05, 0) is 147 Å². The fourth-order valence-corrected chi connectivity index (χ4v) is 9.67. The van der Waals surface area contributed by atoms with Gasteiger partial charge in [0.2, 0.25) is 0 Å². The van der Waals surface area contributed by atoms with Gasteiger partial charge in [0.1, 0.15) is 5.69 Å². The molecule has 1 aromatic heterocycles. The Morgan fingerprint density at radius 1 is 0.667 bits per heavy atom. The SMILES string of the molecule is CCCCN(c1ccc([C+](c2ccc(N(CCCC)c3cccc(C(C)C)c3)cc2)c2c3c(n(CCCS(=O)(=O)O)c2C2=CCCC=C2)CCC=C3)cc1)c1cccc(C(C)C)c1. The van der Waals surface area contributed by atoms with Crippen LogP contribution in [0.5, 0.6) is 0 Å². The molecule has 330 valence electrons.